The Labute approximate surface area is 160 Å². The van der Waals surface area contributed by atoms with E-state index in [0.717, 1.165) is 11.3 Å². The van der Waals surface area contributed by atoms with Gasteiger partial charge in [0, 0.05) is 12.2 Å². The Morgan fingerprint density at radius 3 is 2.48 bits per heavy atom. The molecule has 0 bridgehead atoms. The normalized spacial score (nSPS) is 12.6. The van der Waals surface area contributed by atoms with Gasteiger partial charge in [-0.25, -0.2) is 13.6 Å². The van der Waals surface area contributed by atoms with Crippen molar-refractivity contribution in [1.29, 1.82) is 0 Å². The molecular formula is C19H25N3O4S. The fourth-order valence-corrected chi connectivity index (χ4v) is 3.04. The number of carbonyl (C=O) groups is 1. The van der Waals surface area contributed by atoms with E-state index in [1.54, 1.807) is 13.0 Å². The summed E-state index contributed by atoms with van der Waals surface area (Å²) in [5.74, 6) is 0.569. The fraction of sp³-hybridized carbons (Fsp3) is 0.316. The van der Waals surface area contributed by atoms with Crippen LogP contribution in [0.3, 0.4) is 0 Å². The van der Waals surface area contributed by atoms with Crippen LogP contribution < -0.4 is 15.2 Å². The molecule has 2 rings (SSSR count). The fourth-order valence-electron chi connectivity index (χ4n) is 2.48. The lowest BCUT2D eigenvalue weighted by Gasteiger charge is -2.24. The van der Waals surface area contributed by atoms with Crippen molar-refractivity contribution in [3.8, 4) is 5.75 Å². The minimum absolute atomic E-state index is 0.0457. The van der Waals surface area contributed by atoms with E-state index in [1.807, 2.05) is 43.1 Å². The third-order valence-electron chi connectivity index (χ3n) is 4.14. The smallest absolute Gasteiger partial charge is 0.241 e. The molecule has 0 aromatic heterocycles. The second-order valence-electron chi connectivity index (χ2n) is 6.23. The highest BCUT2D eigenvalue weighted by atomic mass is 32.2. The third kappa shape index (κ3) is 6.06. The summed E-state index contributed by atoms with van der Waals surface area (Å²) in [6.07, 6.45) is 0. The highest BCUT2D eigenvalue weighted by Crippen LogP contribution is 2.16. The lowest BCUT2D eigenvalue weighted by Crippen LogP contribution is -2.39. The molecule has 2 aromatic carbocycles. The van der Waals surface area contributed by atoms with E-state index < -0.39 is 16.1 Å². The number of nitrogens with one attached hydrogen (secondary N) is 1. The van der Waals surface area contributed by atoms with Gasteiger partial charge in [0.25, 0.3) is 0 Å². The maximum absolute atomic E-state index is 12.5. The molecule has 8 heteroatoms. The van der Waals surface area contributed by atoms with Crippen LogP contribution in [0.5, 0.6) is 5.75 Å². The van der Waals surface area contributed by atoms with Crippen LogP contribution in [0.2, 0.25) is 0 Å². The number of hydrogen-bond acceptors (Lipinski definition) is 5. The van der Waals surface area contributed by atoms with Gasteiger partial charge in [0.15, 0.2) is 0 Å². The van der Waals surface area contributed by atoms with Crippen molar-refractivity contribution in [2.45, 2.75) is 31.3 Å². The van der Waals surface area contributed by atoms with Crippen molar-refractivity contribution in [2.24, 2.45) is 5.14 Å². The van der Waals surface area contributed by atoms with Crippen LogP contribution in [0.25, 0.3) is 0 Å². The van der Waals surface area contributed by atoms with Crippen molar-refractivity contribution in [3.05, 3.63) is 54.1 Å². The van der Waals surface area contributed by atoms with Crippen molar-refractivity contribution >= 4 is 21.6 Å². The van der Waals surface area contributed by atoms with E-state index in [0.29, 0.717) is 18.8 Å². The minimum Gasteiger partial charge on any atom is -0.494 e. The summed E-state index contributed by atoms with van der Waals surface area (Å²) in [7, 11) is -1.97. The zero-order valence-corrected chi connectivity index (χ0v) is 16.5. The number of nitrogens with zero attached hydrogens (tertiary/aromatic N) is 1. The predicted octanol–water partition coefficient (Wildman–Crippen LogP) is 2.19. The van der Waals surface area contributed by atoms with E-state index in [4.69, 9.17) is 9.88 Å². The molecule has 0 aliphatic heterocycles. The summed E-state index contributed by atoms with van der Waals surface area (Å²) in [6.45, 7) is 4.91. The number of carbonyl (C=O) groups excluding carboxylic acids is 1. The van der Waals surface area contributed by atoms with Crippen LogP contribution in [0.1, 0.15) is 19.4 Å². The number of primary sulfonamides is 1. The number of ether oxygens (including phenoxy) is 1. The molecule has 0 fully saturated rings. The Balaban J connectivity index is 1.99. The molecule has 146 valence electrons. The molecule has 1 atom stereocenters. The Kier molecular flexibility index (Phi) is 6.95. The molecule has 2 aromatic rings. The molecule has 0 radical (unpaired) electrons. The highest BCUT2D eigenvalue weighted by molar-refractivity contribution is 7.89. The van der Waals surface area contributed by atoms with Crippen molar-refractivity contribution in [1.82, 2.24) is 4.90 Å². The number of amides is 1. The summed E-state index contributed by atoms with van der Waals surface area (Å²) in [4.78, 5) is 14.3. The van der Waals surface area contributed by atoms with Crippen LogP contribution in [-0.4, -0.2) is 38.9 Å². The van der Waals surface area contributed by atoms with E-state index in [2.05, 4.69) is 5.32 Å². The largest absolute Gasteiger partial charge is 0.494 e. The van der Waals surface area contributed by atoms with Gasteiger partial charge in [-0.2, -0.15) is 0 Å². The van der Waals surface area contributed by atoms with Gasteiger partial charge >= 0.3 is 0 Å². The molecule has 0 aliphatic carbocycles. The Hall–Kier alpha value is -2.42. The second kappa shape index (κ2) is 8.98. The molecule has 27 heavy (non-hydrogen) atoms. The van der Waals surface area contributed by atoms with E-state index >= 15 is 0 Å². The molecule has 0 saturated heterocycles. The van der Waals surface area contributed by atoms with Crippen LogP contribution in [0.15, 0.2) is 53.4 Å². The molecule has 0 heterocycles. The number of sulfonamides is 1. The summed E-state index contributed by atoms with van der Waals surface area (Å²) in [6, 6.07) is 13.2. The monoisotopic (exact) mass is 391 g/mol. The molecule has 0 unspecified atom stereocenters. The zero-order valence-electron chi connectivity index (χ0n) is 15.7. The summed E-state index contributed by atoms with van der Waals surface area (Å²) < 4.78 is 28.3. The van der Waals surface area contributed by atoms with Crippen molar-refractivity contribution < 1.29 is 17.9 Å². The van der Waals surface area contributed by atoms with Crippen LogP contribution in [-0.2, 0) is 21.4 Å². The second-order valence-corrected chi connectivity index (χ2v) is 7.79. The predicted molar refractivity (Wildman–Crippen MR) is 105 cm³/mol. The van der Waals surface area contributed by atoms with Gasteiger partial charge in [-0.3, -0.25) is 9.69 Å². The van der Waals surface area contributed by atoms with Gasteiger partial charge in [-0.1, -0.05) is 18.2 Å². The average molecular weight is 391 g/mol. The van der Waals surface area contributed by atoms with Crippen LogP contribution >= 0.6 is 0 Å². The van der Waals surface area contributed by atoms with Gasteiger partial charge in [0.05, 0.1) is 17.5 Å². The molecule has 7 nitrogen and oxygen atoms in total. The highest BCUT2D eigenvalue weighted by Gasteiger charge is 2.19. The van der Waals surface area contributed by atoms with Crippen molar-refractivity contribution in [3.63, 3.8) is 0 Å². The van der Waals surface area contributed by atoms with E-state index in [1.165, 1.54) is 18.2 Å². The van der Waals surface area contributed by atoms with Gasteiger partial charge in [-0.05, 0) is 56.8 Å². The van der Waals surface area contributed by atoms with Gasteiger partial charge in [0.2, 0.25) is 15.9 Å². The Bertz CT molecular complexity index is 882. The zero-order chi connectivity index (χ0) is 20.0. The number of hydrogen-bond donors (Lipinski definition) is 2. The maximum atomic E-state index is 12.5. The molecule has 0 spiro atoms. The Morgan fingerprint density at radius 1 is 1.22 bits per heavy atom. The summed E-state index contributed by atoms with van der Waals surface area (Å²) in [5.41, 5.74) is 1.43. The molecule has 3 N–H and O–H groups in total. The van der Waals surface area contributed by atoms with Crippen LogP contribution in [0.4, 0.5) is 5.69 Å². The number of rotatable bonds is 8. The third-order valence-corrected chi connectivity index (χ3v) is 5.05. The van der Waals surface area contributed by atoms with Gasteiger partial charge in [0.1, 0.15) is 5.75 Å². The molecular weight excluding hydrogens is 366 g/mol. The number of likely N-dealkylation sites (N-methyl/N-ethyl adjacent to an activating group) is 1. The lowest BCUT2D eigenvalue weighted by atomic mass is 10.1. The summed E-state index contributed by atoms with van der Waals surface area (Å²) >= 11 is 0. The molecule has 0 saturated carbocycles. The quantitative estimate of drug-likeness (QED) is 0.718. The topological polar surface area (TPSA) is 102 Å². The lowest BCUT2D eigenvalue weighted by molar-refractivity contribution is -0.120. The first-order valence-electron chi connectivity index (χ1n) is 8.56. The molecule has 0 aliphatic rings. The summed E-state index contributed by atoms with van der Waals surface area (Å²) in [5, 5.41) is 7.85. The first kappa shape index (κ1) is 20.9. The van der Waals surface area contributed by atoms with Gasteiger partial charge < -0.3 is 10.1 Å². The Morgan fingerprint density at radius 2 is 1.89 bits per heavy atom. The van der Waals surface area contributed by atoms with E-state index in [-0.39, 0.29) is 10.8 Å². The van der Waals surface area contributed by atoms with Crippen molar-refractivity contribution in [2.75, 3.05) is 19.0 Å². The average Bonchev–Trinajstić information content (AvgIpc) is 2.62. The standard InChI is InChI=1S/C19H25N3O4S/c1-4-26-17-10-8-15(9-11-17)13-22(3)14(2)19(23)21-16-6-5-7-18(12-16)27(20,24)25/h5-12,14H,4,13H2,1-3H3,(H,21,23)(H2,20,24,25)/t14-/m1/s1. The van der Waals surface area contributed by atoms with Crippen LogP contribution in [0, 0.1) is 0 Å². The number of nitrogens with two attached hydrogens (primary N) is 1. The van der Waals surface area contributed by atoms with E-state index in [9.17, 15) is 13.2 Å². The maximum Gasteiger partial charge on any atom is 0.241 e. The first-order valence-corrected chi connectivity index (χ1v) is 10.1. The molecule has 1 amide bonds. The minimum atomic E-state index is -3.82. The number of anilines is 1. The van der Waals surface area contributed by atoms with Gasteiger partial charge in [-0.15, -0.1) is 0 Å². The SMILES string of the molecule is CCOc1ccc(CN(C)[C@H](C)C(=O)Nc2cccc(S(N)(=O)=O)c2)cc1. The number of benzene rings is 2. The first-order chi connectivity index (χ1) is 12.7.